The summed E-state index contributed by atoms with van der Waals surface area (Å²) in [6.07, 6.45) is 2.32. The molecule has 1 saturated heterocycles. The number of carbonyl (C=O) groups is 1. The zero-order valence-corrected chi connectivity index (χ0v) is 11.7. The molecule has 2 rings (SSSR count). The van der Waals surface area contributed by atoms with Gasteiger partial charge in [0.05, 0.1) is 6.61 Å². The monoisotopic (exact) mass is 301 g/mol. The van der Waals surface area contributed by atoms with Gasteiger partial charge in [0.2, 0.25) is 0 Å². The number of aromatic nitrogens is 2. The molecule has 5 nitrogen and oxygen atoms in total. The van der Waals surface area contributed by atoms with Crippen molar-refractivity contribution in [3.8, 4) is 0 Å². The van der Waals surface area contributed by atoms with Crippen LogP contribution in [0.1, 0.15) is 30.1 Å². The topological polar surface area (TPSA) is 47.4 Å². The van der Waals surface area contributed by atoms with Gasteiger partial charge in [-0.15, -0.1) is 0 Å². The molecule has 0 amide bonds. The van der Waals surface area contributed by atoms with Gasteiger partial charge in [-0.3, -0.25) is 4.68 Å². The fraction of sp³-hybridized carbons (Fsp3) is 0.636. The smallest absolute Gasteiger partial charge is 0.344 e. The molecule has 0 saturated carbocycles. The Morgan fingerprint density at radius 3 is 2.71 bits per heavy atom. The van der Waals surface area contributed by atoms with E-state index in [0.717, 1.165) is 31.7 Å². The lowest BCUT2D eigenvalue weighted by Gasteiger charge is -2.18. The number of esters is 1. The Morgan fingerprint density at radius 2 is 2.12 bits per heavy atom. The van der Waals surface area contributed by atoms with E-state index in [1.54, 1.807) is 11.6 Å². The summed E-state index contributed by atoms with van der Waals surface area (Å²) in [6.45, 7) is 4.12. The lowest BCUT2D eigenvalue weighted by atomic mass is 10.3. The van der Waals surface area contributed by atoms with Crippen molar-refractivity contribution in [2.75, 3.05) is 24.6 Å². The number of ether oxygens (including phenoxy) is 1. The molecule has 1 fully saturated rings. The fourth-order valence-electron chi connectivity index (χ4n) is 2.15. The Hall–Kier alpha value is -1.04. The van der Waals surface area contributed by atoms with Gasteiger partial charge in [0.15, 0.2) is 0 Å². The molecule has 0 spiro atoms. The van der Waals surface area contributed by atoms with E-state index in [-0.39, 0.29) is 5.97 Å². The van der Waals surface area contributed by atoms with Gasteiger partial charge in [0.25, 0.3) is 0 Å². The molecular formula is C11H16BrN3O2. The van der Waals surface area contributed by atoms with Crippen LogP contribution >= 0.6 is 15.9 Å². The molecule has 0 N–H and O–H groups in total. The van der Waals surface area contributed by atoms with Crippen molar-refractivity contribution in [2.45, 2.75) is 19.8 Å². The minimum Gasteiger partial charge on any atom is -0.462 e. The second kappa shape index (κ2) is 5.08. The van der Waals surface area contributed by atoms with Crippen LogP contribution in [-0.4, -0.2) is 35.4 Å². The van der Waals surface area contributed by atoms with Gasteiger partial charge < -0.3 is 9.64 Å². The average molecular weight is 302 g/mol. The minimum absolute atomic E-state index is 0.311. The van der Waals surface area contributed by atoms with E-state index in [1.165, 1.54) is 0 Å². The largest absolute Gasteiger partial charge is 0.462 e. The van der Waals surface area contributed by atoms with Crippen LogP contribution in [0, 0.1) is 0 Å². The first kappa shape index (κ1) is 12.4. The summed E-state index contributed by atoms with van der Waals surface area (Å²) in [5.74, 6) is 0.544. The van der Waals surface area contributed by atoms with Crippen molar-refractivity contribution < 1.29 is 9.53 Å². The summed E-state index contributed by atoms with van der Waals surface area (Å²) in [7, 11) is 1.85. The molecule has 1 aromatic rings. The minimum atomic E-state index is -0.311. The van der Waals surface area contributed by atoms with Gasteiger partial charge in [-0.2, -0.15) is 5.10 Å². The van der Waals surface area contributed by atoms with Crippen LogP contribution in [0.4, 0.5) is 5.82 Å². The Balaban J connectivity index is 2.38. The maximum atomic E-state index is 11.9. The molecule has 1 aliphatic heterocycles. The Morgan fingerprint density at radius 1 is 1.47 bits per heavy atom. The second-order valence-electron chi connectivity index (χ2n) is 4.03. The predicted octanol–water partition coefficient (Wildman–Crippen LogP) is 1.96. The number of aryl methyl sites for hydroxylation is 1. The number of nitrogens with zero attached hydrogens (tertiary/aromatic N) is 3. The number of hydrogen-bond donors (Lipinski definition) is 0. The van der Waals surface area contributed by atoms with Gasteiger partial charge in [0.1, 0.15) is 16.0 Å². The molecule has 0 radical (unpaired) electrons. The van der Waals surface area contributed by atoms with Crippen LogP contribution < -0.4 is 4.90 Å². The maximum Gasteiger partial charge on any atom is 0.344 e. The normalized spacial score (nSPS) is 15.4. The van der Waals surface area contributed by atoms with E-state index in [1.807, 2.05) is 7.05 Å². The quantitative estimate of drug-likeness (QED) is 0.801. The summed E-state index contributed by atoms with van der Waals surface area (Å²) in [5, 5.41) is 4.25. The lowest BCUT2D eigenvalue weighted by Crippen LogP contribution is -2.23. The zero-order chi connectivity index (χ0) is 12.4. The van der Waals surface area contributed by atoms with Crippen LogP contribution in [0.5, 0.6) is 0 Å². The highest BCUT2D eigenvalue weighted by molar-refractivity contribution is 9.10. The Bertz CT molecular complexity index is 425. The first-order valence-corrected chi connectivity index (χ1v) is 6.59. The van der Waals surface area contributed by atoms with Gasteiger partial charge >= 0.3 is 5.97 Å². The number of hydrogen-bond acceptors (Lipinski definition) is 4. The van der Waals surface area contributed by atoms with Crippen molar-refractivity contribution in [1.82, 2.24) is 9.78 Å². The lowest BCUT2D eigenvalue weighted by molar-refractivity contribution is 0.0526. The molecule has 0 unspecified atom stereocenters. The molecule has 0 aliphatic carbocycles. The van der Waals surface area contributed by atoms with Crippen molar-refractivity contribution in [1.29, 1.82) is 0 Å². The van der Waals surface area contributed by atoms with Crippen LogP contribution in [0.2, 0.25) is 0 Å². The third-order valence-electron chi connectivity index (χ3n) is 2.86. The molecule has 0 atom stereocenters. The summed E-state index contributed by atoms with van der Waals surface area (Å²) in [5.41, 5.74) is 0.538. The molecule has 1 aliphatic rings. The molecule has 17 heavy (non-hydrogen) atoms. The summed E-state index contributed by atoms with van der Waals surface area (Å²) >= 11 is 3.33. The zero-order valence-electron chi connectivity index (χ0n) is 10.1. The van der Waals surface area contributed by atoms with E-state index in [0.29, 0.717) is 16.8 Å². The summed E-state index contributed by atoms with van der Waals surface area (Å²) in [4.78, 5) is 14.1. The van der Waals surface area contributed by atoms with Crippen molar-refractivity contribution in [3.63, 3.8) is 0 Å². The highest BCUT2D eigenvalue weighted by Gasteiger charge is 2.27. The number of carbonyl (C=O) groups excluding carboxylic acids is 1. The van der Waals surface area contributed by atoms with Crippen LogP contribution in [0.25, 0.3) is 0 Å². The van der Waals surface area contributed by atoms with Crippen molar-refractivity contribution in [3.05, 3.63) is 10.2 Å². The van der Waals surface area contributed by atoms with E-state index in [9.17, 15) is 4.79 Å². The molecule has 94 valence electrons. The highest BCUT2D eigenvalue weighted by atomic mass is 79.9. The Kier molecular flexibility index (Phi) is 3.71. The summed E-state index contributed by atoms with van der Waals surface area (Å²) in [6, 6.07) is 0. The van der Waals surface area contributed by atoms with Gasteiger partial charge in [-0.05, 0) is 35.7 Å². The number of halogens is 1. The van der Waals surface area contributed by atoms with Crippen LogP contribution in [0.15, 0.2) is 4.60 Å². The van der Waals surface area contributed by atoms with Crippen LogP contribution in [0.3, 0.4) is 0 Å². The first-order chi connectivity index (χ1) is 8.15. The molecule has 6 heteroatoms. The third kappa shape index (κ3) is 2.31. The van der Waals surface area contributed by atoms with E-state index >= 15 is 0 Å². The standard InChI is InChI=1S/C11H16BrN3O2/c1-3-17-11(16)8-9(12)13-14(2)10(8)15-6-4-5-7-15/h3-7H2,1-2H3. The van der Waals surface area contributed by atoms with Gasteiger partial charge in [-0.1, -0.05) is 0 Å². The average Bonchev–Trinajstić information content (AvgIpc) is 2.85. The highest BCUT2D eigenvalue weighted by Crippen LogP contribution is 2.30. The molecule has 0 bridgehead atoms. The summed E-state index contributed by atoms with van der Waals surface area (Å²) < 4.78 is 7.37. The number of rotatable bonds is 3. The van der Waals surface area contributed by atoms with E-state index in [4.69, 9.17) is 4.74 Å². The molecule has 1 aromatic heterocycles. The first-order valence-electron chi connectivity index (χ1n) is 5.79. The number of anilines is 1. The Labute approximate surface area is 109 Å². The van der Waals surface area contributed by atoms with Crippen molar-refractivity contribution in [2.24, 2.45) is 7.05 Å². The molecule has 2 heterocycles. The van der Waals surface area contributed by atoms with E-state index < -0.39 is 0 Å². The fourth-order valence-corrected chi connectivity index (χ4v) is 2.73. The van der Waals surface area contributed by atoms with Gasteiger partial charge in [-0.25, -0.2) is 4.79 Å². The molecule has 0 aromatic carbocycles. The van der Waals surface area contributed by atoms with Crippen molar-refractivity contribution >= 4 is 27.7 Å². The molecular weight excluding hydrogens is 286 g/mol. The second-order valence-corrected chi connectivity index (χ2v) is 4.78. The third-order valence-corrected chi connectivity index (χ3v) is 3.41. The van der Waals surface area contributed by atoms with Crippen LogP contribution in [-0.2, 0) is 11.8 Å². The SMILES string of the molecule is CCOC(=O)c1c(Br)nn(C)c1N1CCCC1. The maximum absolute atomic E-state index is 11.9. The van der Waals surface area contributed by atoms with Gasteiger partial charge in [0, 0.05) is 20.1 Å². The van der Waals surface area contributed by atoms with E-state index in [2.05, 4.69) is 25.9 Å². The predicted molar refractivity (Wildman–Crippen MR) is 68.3 cm³/mol.